The molecule has 0 radical (unpaired) electrons. The van der Waals surface area contributed by atoms with E-state index in [1.54, 1.807) is 19.9 Å². The van der Waals surface area contributed by atoms with Gasteiger partial charge in [0.15, 0.2) is 6.61 Å². The van der Waals surface area contributed by atoms with Gasteiger partial charge in [-0.05, 0) is 50.1 Å². The van der Waals surface area contributed by atoms with Crippen molar-refractivity contribution < 1.29 is 32.8 Å². The number of aliphatic hydroxyl groups is 1. The molecule has 2 N–H and O–H groups in total. The number of esters is 1. The van der Waals surface area contributed by atoms with Crippen LogP contribution >= 0.6 is 0 Å². The van der Waals surface area contributed by atoms with Crippen LogP contribution in [0.25, 0.3) is 0 Å². The van der Waals surface area contributed by atoms with E-state index in [1.165, 1.54) is 30.3 Å². The van der Waals surface area contributed by atoms with Gasteiger partial charge in [0.05, 0.1) is 15.9 Å². The maximum atomic E-state index is 13.1. The number of hydrogen-bond acceptors (Lipinski definition) is 8. The molecule has 2 aromatic carbocycles. The zero-order valence-corrected chi connectivity index (χ0v) is 19.7. The average molecular weight is 492 g/mol. The summed E-state index contributed by atoms with van der Waals surface area (Å²) in [6, 6.07) is 7.39. The largest absolute Gasteiger partial charge is 0.454 e. The second-order valence-corrected chi connectivity index (χ2v) is 10.0. The smallest absolute Gasteiger partial charge is 0.325 e. The molecule has 1 aliphatic heterocycles. The Labute approximate surface area is 196 Å². The van der Waals surface area contributed by atoms with Crippen LogP contribution in [0.2, 0.25) is 0 Å². The van der Waals surface area contributed by atoms with Gasteiger partial charge in [0.2, 0.25) is 10.0 Å². The summed E-state index contributed by atoms with van der Waals surface area (Å²) in [7, 11) is -4.10. The van der Waals surface area contributed by atoms with Gasteiger partial charge < -0.3 is 15.2 Å². The molecule has 0 aliphatic carbocycles. The number of aliphatic hydroxyl groups excluding tert-OH is 1. The summed E-state index contributed by atoms with van der Waals surface area (Å²) in [4.78, 5) is 35.3. The molecule has 0 bridgehead atoms. The number of ether oxygens (including phenoxy) is 1. The Kier molecular flexibility index (Phi) is 7.34. The Hall–Kier alpha value is -3.35. The minimum atomic E-state index is -4.10. The molecular weight excluding hydrogens is 466 g/mol. The number of nitro benzene ring substituents is 1. The van der Waals surface area contributed by atoms with Crippen LogP contribution in [-0.4, -0.2) is 59.9 Å². The van der Waals surface area contributed by atoms with Crippen molar-refractivity contribution in [1.82, 2.24) is 4.31 Å². The highest BCUT2D eigenvalue weighted by atomic mass is 32.2. The van der Waals surface area contributed by atoms with Gasteiger partial charge in [-0.2, -0.15) is 4.31 Å². The Morgan fingerprint density at radius 2 is 1.82 bits per heavy atom. The fraction of sp³-hybridized carbons (Fsp3) is 0.364. The first-order valence-corrected chi connectivity index (χ1v) is 11.8. The molecule has 0 spiro atoms. The summed E-state index contributed by atoms with van der Waals surface area (Å²) in [5.74, 6) is -1.73. The molecule has 2 atom stereocenters. The van der Waals surface area contributed by atoms with Crippen molar-refractivity contribution in [2.75, 3.05) is 18.5 Å². The predicted molar refractivity (Wildman–Crippen MR) is 122 cm³/mol. The van der Waals surface area contributed by atoms with Gasteiger partial charge in [0.1, 0.15) is 6.04 Å². The number of nitrogens with zero attached hydrogens (tertiary/aromatic N) is 2. The van der Waals surface area contributed by atoms with Crippen molar-refractivity contribution in [3.8, 4) is 0 Å². The predicted octanol–water partition coefficient (Wildman–Crippen LogP) is 1.83. The van der Waals surface area contributed by atoms with Crippen LogP contribution in [0.1, 0.15) is 23.1 Å². The number of benzene rings is 2. The third-order valence-electron chi connectivity index (χ3n) is 5.63. The van der Waals surface area contributed by atoms with E-state index in [0.717, 1.165) is 15.4 Å². The van der Waals surface area contributed by atoms with E-state index in [-0.39, 0.29) is 29.2 Å². The minimum absolute atomic E-state index is 0.0128. The number of sulfonamides is 1. The minimum Gasteiger partial charge on any atom is -0.454 e. The van der Waals surface area contributed by atoms with Crippen molar-refractivity contribution in [2.24, 2.45) is 0 Å². The lowest BCUT2D eigenvalue weighted by Crippen LogP contribution is -2.42. The normalized spacial score (nSPS) is 18.5. The van der Waals surface area contributed by atoms with Crippen LogP contribution in [-0.2, 0) is 24.3 Å². The number of nitrogens with one attached hydrogen (secondary N) is 1. The maximum absolute atomic E-state index is 13.1. The van der Waals surface area contributed by atoms with Crippen molar-refractivity contribution in [2.45, 2.75) is 44.2 Å². The van der Waals surface area contributed by atoms with Crippen LogP contribution in [0.15, 0.2) is 41.3 Å². The van der Waals surface area contributed by atoms with E-state index >= 15 is 0 Å². The second-order valence-electron chi connectivity index (χ2n) is 8.14. The Balaban J connectivity index is 1.68. The zero-order chi connectivity index (χ0) is 25.2. The highest BCUT2D eigenvalue weighted by Gasteiger charge is 2.44. The van der Waals surface area contributed by atoms with E-state index < -0.39 is 45.6 Å². The molecule has 34 heavy (non-hydrogen) atoms. The number of aryl methyl sites for hydroxylation is 3. The molecule has 1 heterocycles. The van der Waals surface area contributed by atoms with Crippen LogP contribution in [0, 0.1) is 30.9 Å². The quantitative estimate of drug-likeness (QED) is 0.337. The number of nitro groups is 1. The third-order valence-corrected chi connectivity index (χ3v) is 7.50. The molecule has 11 nitrogen and oxygen atoms in total. The van der Waals surface area contributed by atoms with Crippen LogP contribution in [0.5, 0.6) is 0 Å². The van der Waals surface area contributed by atoms with Crippen LogP contribution in [0.3, 0.4) is 0 Å². The number of carbonyl (C=O) groups is 2. The number of β-amino-alcohol motifs (C(OH)–C–C–N with tert-alkyl or cyclic N) is 1. The van der Waals surface area contributed by atoms with E-state index in [4.69, 9.17) is 4.74 Å². The molecule has 182 valence electrons. The summed E-state index contributed by atoms with van der Waals surface area (Å²) < 4.78 is 32.1. The van der Waals surface area contributed by atoms with Gasteiger partial charge in [-0.25, -0.2) is 8.42 Å². The van der Waals surface area contributed by atoms with Crippen molar-refractivity contribution >= 4 is 33.3 Å². The molecule has 1 amide bonds. The molecule has 1 saturated heterocycles. The fourth-order valence-corrected chi connectivity index (χ4v) is 5.30. The lowest BCUT2D eigenvalue weighted by Gasteiger charge is -2.22. The number of anilines is 1. The molecule has 1 fully saturated rings. The monoisotopic (exact) mass is 491 g/mol. The topological polar surface area (TPSA) is 156 Å². The van der Waals surface area contributed by atoms with Crippen LogP contribution < -0.4 is 5.32 Å². The van der Waals surface area contributed by atoms with Gasteiger partial charge in [-0.1, -0.05) is 12.1 Å². The van der Waals surface area contributed by atoms with Gasteiger partial charge in [0, 0.05) is 30.3 Å². The summed E-state index contributed by atoms with van der Waals surface area (Å²) in [5, 5.41) is 23.5. The van der Waals surface area contributed by atoms with Crippen molar-refractivity contribution in [3.63, 3.8) is 0 Å². The number of hydrogen-bond donors (Lipinski definition) is 2. The molecule has 12 heteroatoms. The highest BCUT2D eigenvalue weighted by molar-refractivity contribution is 7.89. The Morgan fingerprint density at radius 1 is 1.15 bits per heavy atom. The average Bonchev–Trinajstić information content (AvgIpc) is 3.17. The summed E-state index contributed by atoms with van der Waals surface area (Å²) in [6.07, 6.45) is -1.24. The number of carbonyl (C=O) groups excluding carboxylic acids is 2. The van der Waals surface area contributed by atoms with Gasteiger partial charge in [-0.3, -0.25) is 19.7 Å². The molecular formula is C22H25N3O8S. The summed E-state index contributed by atoms with van der Waals surface area (Å²) in [5.41, 5.74) is 2.05. The van der Waals surface area contributed by atoms with Gasteiger partial charge in [-0.15, -0.1) is 0 Å². The number of amides is 1. The lowest BCUT2D eigenvalue weighted by molar-refractivity contribution is -0.385. The molecule has 0 aromatic heterocycles. The standard InChI is InChI=1S/C22H25N3O8S/c1-13-5-7-18(8-15(13)3)34(31,32)24-11-17(26)10-20(24)22(28)33-12-21(27)23-16-6-4-14(2)19(9-16)25(29)30/h4-9,17,20,26H,10-12H2,1-3H3,(H,23,27). The van der Waals surface area contributed by atoms with E-state index in [9.17, 15) is 33.2 Å². The molecule has 1 aliphatic rings. The highest BCUT2D eigenvalue weighted by Crippen LogP contribution is 2.28. The Bertz CT molecular complexity index is 1240. The summed E-state index contributed by atoms with van der Waals surface area (Å²) in [6.45, 7) is 4.14. The second kappa shape index (κ2) is 9.87. The third kappa shape index (κ3) is 5.41. The summed E-state index contributed by atoms with van der Waals surface area (Å²) >= 11 is 0. The molecule has 2 aromatic rings. The first-order chi connectivity index (χ1) is 15.9. The van der Waals surface area contributed by atoms with Gasteiger partial charge >= 0.3 is 5.97 Å². The fourth-order valence-electron chi connectivity index (χ4n) is 3.59. The SMILES string of the molecule is Cc1ccc(S(=O)(=O)N2CC(O)CC2C(=O)OCC(=O)Nc2ccc(C)c([N+](=O)[O-])c2)cc1C. The lowest BCUT2D eigenvalue weighted by atomic mass is 10.1. The molecule has 3 rings (SSSR count). The zero-order valence-electron chi connectivity index (χ0n) is 18.8. The van der Waals surface area contributed by atoms with Crippen molar-refractivity contribution in [1.29, 1.82) is 0 Å². The Morgan fingerprint density at radius 3 is 2.47 bits per heavy atom. The molecule has 0 saturated carbocycles. The van der Waals surface area contributed by atoms with E-state index in [2.05, 4.69) is 5.32 Å². The van der Waals surface area contributed by atoms with Gasteiger partial charge in [0.25, 0.3) is 11.6 Å². The first-order valence-electron chi connectivity index (χ1n) is 10.4. The van der Waals surface area contributed by atoms with Crippen LogP contribution in [0.4, 0.5) is 11.4 Å². The first kappa shape index (κ1) is 25.3. The maximum Gasteiger partial charge on any atom is 0.325 e. The van der Waals surface area contributed by atoms with Crippen molar-refractivity contribution in [3.05, 3.63) is 63.2 Å². The van der Waals surface area contributed by atoms with E-state index in [1.807, 2.05) is 6.92 Å². The number of rotatable bonds is 7. The van der Waals surface area contributed by atoms with E-state index in [0.29, 0.717) is 5.56 Å². The molecule has 2 unspecified atom stereocenters.